The number of likely N-dealkylation sites (tertiary alicyclic amines) is 1. The van der Waals surface area contributed by atoms with Gasteiger partial charge in [-0.25, -0.2) is 0 Å². The molecule has 1 aliphatic rings. The van der Waals surface area contributed by atoms with Gasteiger partial charge in [-0.2, -0.15) is 0 Å². The normalized spacial score (nSPS) is 16.2. The Kier molecular flexibility index (Phi) is 10.8. The van der Waals surface area contributed by atoms with Gasteiger partial charge in [-0.3, -0.25) is 9.79 Å². The predicted octanol–water partition coefficient (Wildman–Crippen LogP) is 3.21. The third-order valence-corrected chi connectivity index (χ3v) is 5.45. The maximum absolute atomic E-state index is 12.4. The van der Waals surface area contributed by atoms with E-state index in [2.05, 4.69) is 39.9 Å². The van der Waals surface area contributed by atoms with Gasteiger partial charge in [0.05, 0.1) is 6.61 Å². The SMILES string of the molecule is CN=C(NCc1ccccc1COC)NCC1CC(=O)N(CCc2ccccc2)C1.I. The fourth-order valence-corrected chi connectivity index (χ4v) is 3.78. The van der Waals surface area contributed by atoms with E-state index in [0.29, 0.717) is 25.5 Å². The second-order valence-electron chi connectivity index (χ2n) is 7.65. The first-order valence-corrected chi connectivity index (χ1v) is 10.5. The number of carbonyl (C=O) groups excluding carboxylic acids is 1. The number of guanidine groups is 1. The van der Waals surface area contributed by atoms with Crippen molar-refractivity contribution in [3.8, 4) is 0 Å². The zero-order valence-corrected chi connectivity index (χ0v) is 20.7. The molecule has 7 heteroatoms. The molecule has 31 heavy (non-hydrogen) atoms. The van der Waals surface area contributed by atoms with Crippen molar-refractivity contribution in [2.45, 2.75) is 26.0 Å². The topological polar surface area (TPSA) is 66.0 Å². The molecule has 0 bridgehead atoms. The van der Waals surface area contributed by atoms with Crippen molar-refractivity contribution in [3.05, 3.63) is 71.3 Å². The monoisotopic (exact) mass is 536 g/mol. The van der Waals surface area contributed by atoms with Crippen molar-refractivity contribution < 1.29 is 9.53 Å². The van der Waals surface area contributed by atoms with Crippen LogP contribution in [0.15, 0.2) is 59.6 Å². The number of carbonyl (C=O) groups is 1. The van der Waals surface area contributed by atoms with Gasteiger partial charge in [0.2, 0.25) is 5.91 Å². The fourth-order valence-electron chi connectivity index (χ4n) is 3.78. The van der Waals surface area contributed by atoms with Crippen LogP contribution in [0.5, 0.6) is 0 Å². The average molecular weight is 536 g/mol. The third-order valence-electron chi connectivity index (χ3n) is 5.45. The zero-order valence-electron chi connectivity index (χ0n) is 18.3. The number of methoxy groups -OCH3 is 1. The number of rotatable bonds is 9. The minimum atomic E-state index is 0. The molecular weight excluding hydrogens is 503 g/mol. The minimum Gasteiger partial charge on any atom is -0.380 e. The molecule has 6 nitrogen and oxygen atoms in total. The molecule has 0 aromatic heterocycles. The lowest BCUT2D eigenvalue weighted by Crippen LogP contribution is -2.40. The molecule has 1 amide bonds. The maximum Gasteiger partial charge on any atom is 0.223 e. The molecule has 1 aliphatic heterocycles. The minimum absolute atomic E-state index is 0. The molecule has 0 spiro atoms. The van der Waals surface area contributed by atoms with Gasteiger partial charge < -0.3 is 20.3 Å². The standard InChI is InChI=1S/C24H32N4O2.HI/c1-25-24(27-16-21-10-6-7-11-22(21)18-30-2)26-15-20-14-23(29)28(17-20)13-12-19-8-4-3-5-9-19;/h3-11,20H,12-18H2,1-2H3,(H2,25,26,27);1H. The molecule has 3 rings (SSSR count). The molecule has 2 N–H and O–H groups in total. The smallest absolute Gasteiger partial charge is 0.223 e. The van der Waals surface area contributed by atoms with Crippen LogP contribution in [-0.4, -0.2) is 50.6 Å². The Balaban J connectivity index is 0.00000341. The molecule has 0 aliphatic carbocycles. The lowest BCUT2D eigenvalue weighted by molar-refractivity contribution is -0.127. The first kappa shape index (κ1) is 25.1. The summed E-state index contributed by atoms with van der Waals surface area (Å²) >= 11 is 0. The van der Waals surface area contributed by atoms with Gasteiger partial charge in [0.1, 0.15) is 0 Å². The van der Waals surface area contributed by atoms with E-state index >= 15 is 0 Å². The lowest BCUT2D eigenvalue weighted by atomic mass is 10.1. The Morgan fingerprint density at radius 2 is 1.81 bits per heavy atom. The van der Waals surface area contributed by atoms with Crippen molar-refractivity contribution >= 4 is 35.8 Å². The van der Waals surface area contributed by atoms with Crippen molar-refractivity contribution in [1.29, 1.82) is 0 Å². The van der Waals surface area contributed by atoms with Gasteiger partial charge >= 0.3 is 0 Å². The highest BCUT2D eigenvalue weighted by Crippen LogP contribution is 2.17. The molecule has 1 fully saturated rings. The van der Waals surface area contributed by atoms with Gasteiger partial charge in [0, 0.05) is 52.7 Å². The van der Waals surface area contributed by atoms with Crippen LogP contribution in [0.25, 0.3) is 0 Å². The van der Waals surface area contributed by atoms with Gasteiger partial charge in [0.15, 0.2) is 5.96 Å². The Hall–Kier alpha value is -2.13. The van der Waals surface area contributed by atoms with Crippen LogP contribution in [0, 0.1) is 5.92 Å². The largest absolute Gasteiger partial charge is 0.380 e. The second kappa shape index (κ2) is 13.3. The Morgan fingerprint density at radius 3 is 2.52 bits per heavy atom. The Labute approximate surface area is 202 Å². The summed E-state index contributed by atoms with van der Waals surface area (Å²) in [6, 6.07) is 18.5. The number of amides is 1. The third kappa shape index (κ3) is 7.81. The summed E-state index contributed by atoms with van der Waals surface area (Å²) in [6.07, 6.45) is 1.49. The molecular formula is C24H33IN4O2. The lowest BCUT2D eigenvalue weighted by Gasteiger charge is -2.18. The number of halogens is 1. The summed E-state index contributed by atoms with van der Waals surface area (Å²) in [4.78, 5) is 18.7. The fraction of sp³-hybridized carbons (Fsp3) is 0.417. The van der Waals surface area contributed by atoms with Crippen LogP contribution in [-0.2, 0) is 29.1 Å². The van der Waals surface area contributed by atoms with E-state index in [0.717, 1.165) is 32.0 Å². The van der Waals surface area contributed by atoms with Gasteiger partial charge in [-0.05, 0) is 23.1 Å². The van der Waals surface area contributed by atoms with Gasteiger partial charge in [0.25, 0.3) is 0 Å². The maximum atomic E-state index is 12.4. The Bertz CT molecular complexity index is 844. The number of hydrogen-bond donors (Lipinski definition) is 2. The molecule has 1 atom stereocenters. The van der Waals surface area contributed by atoms with Gasteiger partial charge in [-0.1, -0.05) is 54.6 Å². The number of aliphatic imine (C=N–C) groups is 1. The molecule has 2 aromatic carbocycles. The van der Waals surface area contributed by atoms with E-state index in [-0.39, 0.29) is 29.9 Å². The Morgan fingerprint density at radius 1 is 1.10 bits per heavy atom. The molecule has 2 aromatic rings. The summed E-state index contributed by atoms with van der Waals surface area (Å²) in [7, 11) is 3.47. The number of ether oxygens (including phenoxy) is 1. The molecule has 1 heterocycles. The number of hydrogen-bond acceptors (Lipinski definition) is 3. The number of nitrogens with one attached hydrogen (secondary N) is 2. The summed E-state index contributed by atoms with van der Waals surface area (Å²) in [6.45, 7) is 3.57. The summed E-state index contributed by atoms with van der Waals surface area (Å²) in [5.41, 5.74) is 3.62. The van der Waals surface area contributed by atoms with E-state index < -0.39 is 0 Å². The van der Waals surface area contributed by atoms with E-state index in [9.17, 15) is 4.79 Å². The van der Waals surface area contributed by atoms with E-state index in [1.807, 2.05) is 35.2 Å². The predicted molar refractivity (Wildman–Crippen MR) is 136 cm³/mol. The van der Waals surface area contributed by atoms with Crippen LogP contribution in [0.3, 0.4) is 0 Å². The van der Waals surface area contributed by atoms with E-state index in [1.165, 1.54) is 16.7 Å². The quantitative estimate of drug-likeness (QED) is 0.294. The van der Waals surface area contributed by atoms with E-state index in [4.69, 9.17) is 4.74 Å². The zero-order chi connectivity index (χ0) is 21.2. The van der Waals surface area contributed by atoms with Crippen LogP contribution >= 0.6 is 24.0 Å². The van der Waals surface area contributed by atoms with Crippen molar-refractivity contribution in [1.82, 2.24) is 15.5 Å². The van der Waals surface area contributed by atoms with Crippen molar-refractivity contribution in [2.75, 3.05) is 33.8 Å². The summed E-state index contributed by atoms with van der Waals surface area (Å²) in [5, 5.41) is 6.74. The first-order chi connectivity index (χ1) is 14.7. The molecule has 0 saturated carbocycles. The van der Waals surface area contributed by atoms with Crippen LogP contribution < -0.4 is 10.6 Å². The number of nitrogens with zero attached hydrogens (tertiary/aromatic N) is 2. The molecule has 1 unspecified atom stereocenters. The van der Waals surface area contributed by atoms with Crippen molar-refractivity contribution in [3.63, 3.8) is 0 Å². The number of benzene rings is 2. The van der Waals surface area contributed by atoms with Crippen LogP contribution in [0.2, 0.25) is 0 Å². The molecule has 168 valence electrons. The summed E-state index contributed by atoms with van der Waals surface area (Å²) in [5.74, 6) is 1.29. The molecule has 1 saturated heterocycles. The first-order valence-electron chi connectivity index (χ1n) is 10.5. The molecule has 0 radical (unpaired) electrons. The van der Waals surface area contributed by atoms with Crippen molar-refractivity contribution in [2.24, 2.45) is 10.9 Å². The highest BCUT2D eigenvalue weighted by Gasteiger charge is 2.29. The highest BCUT2D eigenvalue weighted by molar-refractivity contribution is 14.0. The average Bonchev–Trinajstić information content (AvgIpc) is 3.13. The van der Waals surface area contributed by atoms with Crippen LogP contribution in [0.1, 0.15) is 23.1 Å². The summed E-state index contributed by atoms with van der Waals surface area (Å²) < 4.78 is 5.27. The van der Waals surface area contributed by atoms with E-state index in [1.54, 1.807) is 14.2 Å². The van der Waals surface area contributed by atoms with Crippen LogP contribution in [0.4, 0.5) is 0 Å². The van der Waals surface area contributed by atoms with Gasteiger partial charge in [-0.15, -0.1) is 24.0 Å². The highest BCUT2D eigenvalue weighted by atomic mass is 127. The second-order valence-corrected chi connectivity index (χ2v) is 7.65.